The maximum Gasteiger partial charge on any atom is 0.221 e. The summed E-state index contributed by atoms with van der Waals surface area (Å²) in [6, 6.07) is 7.97. The van der Waals surface area contributed by atoms with Gasteiger partial charge in [-0.3, -0.25) is 4.79 Å². The number of fused-ring (bicyclic) bond motifs is 1. The molecule has 21 heavy (non-hydrogen) atoms. The number of aromatic nitrogens is 1. The zero-order chi connectivity index (χ0) is 15.2. The lowest BCUT2D eigenvalue weighted by molar-refractivity contribution is -0.121. The fourth-order valence-corrected chi connectivity index (χ4v) is 2.10. The van der Waals surface area contributed by atoms with Crippen molar-refractivity contribution in [2.24, 2.45) is 0 Å². The third-order valence-corrected chi connectivity index (χ3v) is 3.07. The number of hydrogen-bond acceptors (Lipinski definition) is 4. The van der Waals surface area contributed by atoms with Gasteiger partial charge in [0.25, 0.3) is 0 Å². The Morgan fingerprint density at radius 1 is 1.33 bits per heavy atom. The molecule has 5 heteroatoms. The Labute approximate surface area is 124 Å². The van der Waals surface area contributed by atoms with Gasteiger partial charge in [-0.25, -0.2) is 4.98 Å². The fourth-order valence-electron chi connectivity index (χ4n) is 2.10. The van der Waals surface area contributed by atoms with Crippen LogP contribution >= 0.6 is 0 Å². The van der Waals surface area contributed by atoms with Crippen LogP contribution < -0.4 is 15.4 Å². The van der Waals surface area contributed by atoms with E-state index in [0.29, 0.717) is 13.0 Å². The average molecular weight is 287 g/mol. The van der Waals surface area contributed by atoms with E-state index in [0.717, 1.165) is 22.3 Å². The van der Waals surface area contributed by atoms with E-state index >= 15 is 0 Å². The quantitative estimate of drug-likeness (QED) is 0.857. The number of amides is 1. The molecule has 1 heterocycles. The molecule has 0 bridgehead atoms. The van der Waals surface area contributed by atoms with E-state index in [2.05, 4.69) is 15.6 Å². The minimum atomic E-state index is 0.0373. The van der Waals surface area contributed by atoms with E-state index in [9.17, 15) is 4.79 Å². The third kappa shape index (κ3) is 4.08. The molecule has 2 aromatic rings. The molecule has 0 radical (unpaired) electrons. The van der Waals surface area contributed by atoms with E-state index in [1.807, 2.05) is 38.1 Å². The van der Waals surface area contributed by atoms with E-state index < -0.39 is 0 Å². The van der Waals surface area contributed by atoms with E-state index in [1.165, 1.54) is 0 Å². The average Bonchev–Trinajstić information content (AvgIpc) is 2.46. The van der Waals surface area contributed by atoms with Crippen LogP contribution in [0.1, 0.15) is 20.3 Å². The summed E-state index contributed by atoms with van der Waals surface area (Å²) < 4.78 is 5.24. The van der Waals surface area contributed by atoms with Crippen LogP contribution in [0, 0.1) is 0 Å². The Morgan fingerprint density at radius 3 is 2.86 bits per heavy atom. The molecule has 0 aliphatic rings. The normalized spacial score (nSPS) is 10.7. The molecule has 2 N–H and O–H groups in total. The summed E-state index contributed by atoms with van der Waals surface area (Å²) in [5.74, 6) is 1.59. The molecule has 0 aliphatic carbocycles. The number of carbonyl (C=O) groups is 1. The van der Waals surface area contributed by atoms with Gasteiger partial charge in [0, 0.05) is 30.6 Å². The van der Waals surface area contributed by atoms with Gasteiger partial charge in [0.2, 0.25) is 5.91 Å². The minimum Gasteiger partial charge on any atom is -0.497 e. The number of anilines is 1. The van der Waals surface area contributed by atoms with E-state index in [-0.39, 0.29) is 11.9 Å². The highest BCUT2D eigenvalue weighted by Gasteiger charge is 2.06. The number of carbonyl (C=O) groups excluding carboxylic acids is 1. The lowest BCUT2D eigenvalue weighted by Gasteiger charge is -2.11. The summed E-state index contributed by atoms with van der Waals surface area (Å²) in [4.78, 5) is 16.0. The van der Waals surface area contributed by atoms with Crippen LogP contribution in [-0.2, 0) is 4.79 Å². The number of pyridine rings is 1. The molecule has 0 unspecified atom stereocenters. The molecule has 0 atom stereocenters. The standard InChI is InChI=1S/C16H21N3O2/c1-11(2)19-15(20)7-9-18-16-14-10-13(21-3)5-4-12(14)6-8-17-16/h4-6,8,10-11H,7,9H2,1-3H3,(H,17,18)(H,19,20). The van der Waals surface area contributed by atoms with Gasteiger partial charge in [-0.2, -0.15) is 0 Å². The highest BCUT2D eigenvalue weighted by atomic mass is 16.5. The molecule has 0 saturated carbocycles. The number of benzene rings is 1. The molecule has 0 saturated heterocycles. The Bertz CT molecular complexity index is 626. The first kappa shape index (κ1) is 15.1. The van der Waals surface area contributed by atoms with Gasteiger partial charge in [0.15, 0.2) is 0 Å². The second-order valence-electron chi connectivity index (χ2n) is 5.15. The Hall–Kier alpha value is -2.30. The molecule has 2 rings (SSSR count). The van der Waals surface area contributed by atoms with Crippen molar-refractivity contribution in [1.82, 2.24) is 10.3 Å². The zero-order valence-electron chi connectivity index (χ0n) is 12.6. The Balaban J connectivity index is 2.06. The van der Waals surface area contributed by atoms with Gasteiger partial charge in [-0.15, -0.1) is 0 Å². The van der Waals surface area contributed by atoms with Crippen LogP contribution in [0.15, 0.2) is 30.5 Å². The summed E-state index contributed by atoms with van der Waals surface area (Å²) in [6.45, 7) is 4.44. The van der Waals surface area contributed by atoms with Gasteiger partial charge < -0.3 is 15.4 Å². The molecule has 5 nitrogen and oxygen atoms in total. The molecule has 0 spiro atoms. The smallest absolute Gasteiger partial charge is 0.221 e. The highest BCUT2D eigenvalue weighted by molar-refractivity contribution is 5.92. The van der Waals surface area contributed by atoms with Gasteiger partial charge in [0.05, 0.1) is 7.11 Å². The minimum absolute atomic E-state index is 0.0373. The van der Waals surface area contributed by atoms with Crippen molar-refractivity contribution in [3.05, 3.63) is 30.5 Å². The van der Waals surface area contributed by atoms with Crippen molar-refractivity contribution in [1.29, 1.82) is 0 Å². The number of methoxy groups -OCH3 is 1. The maximum absolute atomic E-state index is 11.6. The Kier molecular flexibility index (Phi) is 4.98. The molecule has 0 fully saturated rings. The second kappa shape index (κ2) is 6.92. The largest absolute Gasteiger partial charge is 0.497 e. The van der Waals surface area contributed by atoms with Crippen LogP contribution in [0.5, 0.6) is 5.75 Å². The Morgan fingerprint density at radius 2 is 2.14 bits per heavy atom. The predicted octanol–water partition coefficient (Wildman–Crippen LogP) is 2.57. The molecule has 0 aliphatic heterocycles. The third-order valence-electron chi connectivity index (χ3n) is 3.07. The number of rotatable bonds is 6. The topological polar surface area (TPSA) is 63.2 Å². The van der Waals surface area contributed by atoms with Gasteiger partial charge >= 0.3 is 0 Å². The van der Waals surface area contributed by atoms with Gasteiger partial charge in [0.1, 0.15) is 11.6 Å². The van der Waals surface area contributed by atoms with Crippen LogP contribution in [0.2, 0.25) is 0 Å². The summed E-state index contributed by atoms with van der Waals surface area (Å²) >= 11 is 0. The molecular weight excluding hydrogens is 266 g/mol. The number of hydrogen-bond donors (Lipinski definition) is 2. The van der Waals surface area contributed by atoms with Crippen LogP contribution in [0.25, 0.3) is 10.8 Å². The first-order chi connectivity index (χ1) is 10.1. The summed E-state index contributed by atoms with van der Waals surface area (Å²) in [6.07, 6.45) is 2.17. The maximum atomic E-state index is 11.6. The molecular formula is C16H21N3O2. The fraction of sp³-hybridized carbons (Fsp3) is 0.375. The first-order valence-corrected chi connectivity index (χ1v) is 7.06. The molecule has 1 aromatic carbocycles. The van der Waals surface area contributed by atoms with Crippen molar-refractivity contribution in [3.8, 4) is 5.75 Å². The summed E-state index contributed by atoms with van der Waals surface area (Å²) in [5.41, 5.74) is 0. The highest BCUT2D eigenvalue weighted by Crippen LogP contribution is 2.25. The monoisotopic (exact) mass is 287 g/mol. The number of nitrogens with one attached hydrogen (secondary N) is 2. The summed E-state index contributed by atoms with van der Waals surface area (Å²) in [5, 5.41) is 8.15. The first-order valence-electron chi connectivity index (χ1n) is 7.06. The van der Waals surface area contributed by atoms with Crippen LogP contribution in [-0.4, -0.2) is 30.6 Å². The molecule has 112 valence electrons. The second-order valence-corrected chi connectivity index (χ2v) is 5.15. The van der Waals surface area contributed by atoms with Crippen molar-refractivity contribution in [3.63, 3.8) is 0 Å². The SMILES string of the molecule is COc1ccc2ccnc(NCCC(=O)NC(C)C)c2c1. The lowest BCUT2D eigenvalue weighted by atomic mass is 10.1. The predicted molar refractivity (Wildman–Crippen MR) is 84.7 cm³/mol. The molecule has 1 amide bonds. The van der Waals surface area contributed by atoms with Crippen LogP contribution in [0.4, 0.5) is 5.82 Å². The zero-order valence-corrected chi connectivity index (χ0v) is 12.6. The van der Waals surface area contributed by atoms with Crippen molar-refractivity contribution >= 4 is 22.5 Å². The van der Waals surface area contributed by atoms with Crippen molar-refractivity contribution < 1.29 is 9.53 Å². The molecule has 1 aromatic heterocycles. The lowest BCUT2D eigenvalue weighted by Crippen LogP contribution is -2.31. The van der Waals surface area contributed by atoms with E-state index in [1.54, 1.807) is 13.3 Å². The van der Waals surface area contributed by atoms with Crippen molar-refractivity contribution in [2.75, 3.05) is 19.0 Å². The van der Waals surface area contributed by atoms with Crippen LogP contribution in [0.3, 0.4) is 0 Å². The summed E-state index contributed by atoms with van der Waals surface area (Å²) in [7, 11) is 1.64. The van der Waals surface area contributed by atoms with E-state index in [4.69, 9.17) is 4.74 Å². The van der Waals surface area contributed by atoms with Crippen molar-refractivity contribution in [2.45, 2.75) is 26.3 Å². The number of nitrogens with zero attached hydrogens (tertiary/aromatic N) is 1. The van der Waals surface area contributed by atoms with Gasteiger partial charge in [-0.05, 0) is 37.4 Å². The number of ether oxygens (including phenoxy) is 1. The van der Waals surface area contributed by atoms with Gasteiger partial charge in [-0.1, -0.05) is 6.07 Å².